The molecule has 4 nitrogen and oxygen atoms in total. The van der Waals surface area contributed by atoms with Gasteiger partial charge < -0.3 is 4.74 Å². The first-order chi connectivity index (χ1) is 17.6. The highest BCUT2D eigenvalue weighted by molar-refractivity contribution is 6.36. The molecule has 1 aromatic heterocycles. The molecule has 4 aromatic carbocycles. The Morgan fingerprint density at radius 1 is 0.833 bits per heavy atom. The molecule has 1 unspecified atom stereocenters. The van der Waals surface area contributed by atoms with Gasteiger partial charge in [0.25, 0.3) is 5.91 Å². The SMILES string of the molecule is O=C(OCc1ccccc1)C1CCCc2c1c1ccccc1n2C(=O)c1ccc(Cl)c2ccccc12. The molecule has 0 saturated carbocycles. The minimum atomic E-state index is -0.404. The number of ether oxygens (including phenoxy) is 1. The Kier molecular flexibility index (Phi) is 5.82. The highest BCUT2D eigenvalue weighted by atomic mass is 35.5. The molecule has 1 aliphatic rings. The number of esters is 1. The molecule has 5 heteroatoms. The van der Waals surface area contributed by atoms with Crippen LogP contribution in [0.3, 0.4) is 0 Å². The fourth-order valence-corrected chi connectivity index (χ4v) is 5.66. The van der Waals surface area contributed by atoms with Gasteiger partial charge in [-0.25, -0.2) is 0 Å². The van der Waals surface area contributed by atoms with Crippen molar-refractivity contribution in [2.75, 3.05) is 0 Å². The van der Waals surface area contributed by atoms with E-state index in [1.165, 1.54) is 0 Å². The van der Waals surface area contributed by atoms with Crippen LogP contribution in [0.15, 0.2) is 91.0 Å². The lowest BCUT2D eigenvalue weighted by atomic mass is 9.85. The molecule has 36 heavy (non-hydrogen) atoms. The summed E-state index contributed by atoms with van der Waals surface area (Å²) < 4.78 is 7.55. The number of nitrogens with zero attached hydrogens (tertiary/aromatic N) is 1. The van der Waals surface area contributed by atoms with Crippen LogP contribution >= 0.6 is 11.6 Å². The highest BCUT2D eigenvalue weighted by Crippen LogP contribution is 2.41. The molecule has 0 N–H and O–H groups in total. The lowest BCUT2D eigenvalue weighted by Crippen LogP contribution is -2.23. The third kappa shape index (κ3) is 3.78. The number of carbonyl (C=O) groups is 2. The topological polar surface area (TPSA) is 48.3 Å². The van der Waals surface area contributed by atoms with Crippen molar-refractivity contribution in [2.24, 2.45) is 0 Å². The summed E-state index contributed by atoms with van der Waals surface area (Å²) in [5.41, 5.74) is 4.17. The van der Waals surface area contributed by atoms with Crippen molar-refractivity contribution in [2.45, 2.75) is 31.8 Å². The van der Waals surface area contributed by atoms with Crippen LogP contribution in [0.1, 0.15) is 45.9 Å². The van der Waals surface area contributed by atoms with Gasteiger partial charge in [-0.1, -0.05) is 84.4 Å². The Labute approximate surface area is 214 Å². The van der Waals surface area contributed by atoms with Gasteiger partial charge in [0.05, 0.1) is 11.4 Å². The molecular formula is C31H24ClNO3. The van der Waals surface area contributed by atoms with E-state index in [0.717, 1.165) is 51.3 Å². The van der Waals surface area contributed by atoms with E-state index in [2.05, 4.69) is 0 Å². The van der Waals surface area contributed by atoms with Crippen molar-refractivity contribution < 1.29 is 14.3 Å². The molecule has 0 bridgehead atoms. The first-order valence-electron chi connectivity index (χ1n) is 12.2. The average Bonchev–Trinajstić information content (AvgIpc) is 3.27. The molecule has 1 aliphatic carbocycles. The summed E-state index contributed by atoms with van der Waals surface area (Å²) in [4.78, 5) is 27.4. The number of hydrogen-bond donors (Lipinski definition) is 0. The van der Waals surface area contributed by atoms with Crippen molar-refractivity contribution >= 4 is 45.2 Å². The van der Waals surface area contributed by atoms with E-state index in [1.54, 1.807) is 16.7 Å². The second kappa shape index (κ2) is 9.29. The summed E-state index contributed by atoms with van der Waals surface area (Å²) in [5.74, 6) is -0.760. The molecule has 0 radical (unpaired) electrons. The number of carbonyl (C=O) groups excluding carboxylic acids is 2. The molecule has 0 saturated heterocycles. The standard InChI is InChI=1S/C31H24ClNO3/c32-26-18-17-23(21-11-4-5-12-22(21)26)30(34)33-27-15-7-6-13-24(27)29-25(14-8-16-28(29)33)31(35)36-19-20-9-2-1-3-10-20/h1-7,9-13,15,17-18,25H,8,14,16,19H2. The summed E-state index contributed by atoms with van der Waals surface area (Å²) >= 11 is 6.43. The van der Waals surface area contributed by atoms with E-state index in [1.807, 2.05) is 78.9 Å². The van der Waals surface area contributed by atoms with E-state index in [9.17, 15) is 9.59 Å². The fourth-order valence-electron chi connectivity index (χ4n) is 5.44. The minimum Gasteiger partial charge on any atom is -0.460 e. The van der Waals surface area contributed by atoms with E-state index < -0.39 is 5.92 Å². The van der Waals surface area contributed by atoms with Crippen LogP contribution in [-0.4, -0.2) is 16.4 Å². The minimum absolute atomic E-state index is 0.112. The molecule has 178 valence electrons. The smallest absolute Gasteiger partial charge is 0.313 e. The lowest BCUT2D eigenvalue weighted by Gasteiger charge is -2.23. The second-order valence-electron chi connectivity index (χ2n) is 9.20. The van der Waals surface area contributed by atoms with Gasteiger partial charge in [0.1, 0.15) is 6.61 Å². The number of halogens is 1. The Hall–Kier alpha value is -3.89. The summed E-state index contributed by atoms with van der Waals surface area (Å²) in [7, 11) is 0. The van der Waals surface area contributed by atoms with Crippen LogP contribution in [-0.2, 0) is 22.6 Å². The molecular weight excluding hydrogens is 470 g/mol. The van der Waals surface area contributed by atoms with Crippen molar-refractivity contribution in [3.63, 3.8) is 0 Å². The Balaban J connectivity index is 1.44. The first kappa shape index (κ1) is 22.6. The van der Waals surface area contributed by atoms with E-state index in [4.69, 9.17) is 16.3 Å². The maximum atomic E-state index is 14.1. The number of aromatic nitrogens is 1. The van der Waals surface area contributed by atoms with E-state index in [-0.39, 0.29) is 18.5 Å². The maximum absolute atomic E-state index is 14.1. The van der Waals surface area contributed by atoms with Crippen LogP contribution in [0.4, 0.5) is 0 Å². The molecule has 5 aromatic rings. The van der Waals surface area contributed by atoms with Gasteiger partial charge in [-0.2, -0.15) is 0 Å². The van der Waals surface area contributed by atoms with Crippen molar-refractivity contribution in [3.05, 3.63) is 118 Å². The quantitative estimate of drug-likeness (QED) is 0.247. The number of benzene rings is 4. The van der Waals surface area contributed by atoms with Crippen molar-refractivity contribution in [1.29, 1.82) is 0 Å². The molecule has 0 amide bonds. The van der Waals surface area contributed by atoms with Crippen LogP contribution in [0.5, 0.6) is 0 Å². The predicted octanol–water partition coefficient (Wildman–Crippen LogP) is 7.30. The second-order valence-corrected chi connectivity index (χ2v) is 9.60. The van der Waals surface area contributed by atoms with E-state index >= 15 is 0 Å². The van der Waals surface area contributed by atoms with Gasteiger partial charge >= 0.3 is 5.97 Å². The summed E-state index contributed by atoms with van der Waals surface area (Å²) in [6.07, 6.45) is 2.24. The van der Waals surface area contributed by atoms with Crippen molar-refractivity contribution in [1.82, 2.24) is 4.57 Å². The molecule has 0 fully saturated rings. The highest BCUT2D eigenvalue weighted by Gasteiger charge is 2.34. The average molecular weight is 494 g/mol. The van der Waals surface area contributed by atoms with Gasteiger partial charge in [-0.05, 0) is 54.0 Å². The Morgan fingerprint density at radius 3 is 2.33 bits per heavy atom. The monoisotopic (exact) mass is 493 g/mol. The van der Waals surface area contributed by atoms with Crippen LogP contribution in [0.25, 0.3) is 21.7 Å². The van der Waals surface area contributed by atoms with Crippen molar-refractivity contribution in [3.8, 4) is 0 Å². The van der Waals surface area contributed by atoms with Crippen LogP contribution < -0.4 is 0 Å². The Bertz CT molecular complexity index is 1620. The normalized spacial score (nSPS) is 15.1. The van der Waals surface area contributed by atoms with Gasteiger partial charge in [0.2, 0.25) is 0 Å². The zero-order chi connectivity index (χ0) is 24.6. The van der Waals surface area contributed by atoms with Crippen LogP contribution in [0.2, 0.25) is 5.02 Å². The van der Waals surface area contributed by atoms with Crippen LogP contribution in [0, 0.1) is 0 Å². The number of fused-ring (bicyclic) bond motifs is 4. The lowest BCUT2D eigenvalue weighted by molar-refractivity contribution is -0.147. The summed E-state index contributed by atoms with van der Waals surface area (Å²) in [5, 5.41) is 3.21. The molecule has 0 spiro atoms. The van der Waals surface area contributed by atoms with Gasteiger partial charge in [-0.15, -0.1) is 0 Å². The van der Waals surface area contributed by atoms with E-state index in [0.29, 0.717) is 17.0 Å². The zero-order valence-corrected chi connectivity index (χ0v) is 20.4. The molecule has 6 rings (SSSR count). The van der Waals surface area contributed by atoms with Gasteiger partial charge in [-0.3, -0.25) is 14.2 Å². The third-order valence-corrected chi connectivity index (χ3v) is 7.41. The summed E-state index contributed by atoms with van der Waals surface area (Å²) in [6.45, 7) is 0.236. The number of hydrogen-bond acceptors (Lipinski definition) is 3. The predicted molar refractivity (Wildman–Crippen MR) is 143 cm³/mol. The molecule has 1 heterocycles. The van der Waals surface area contributed by atoms with Gasteiger partial charge in [0.15, 0.2) is 0 Å². The first-order valence-corrected chi connectivity index (χ1v) is 12.6. The number of rotatable bonds is 4. The largest absolute Gasteiger partial charge is 0.460 e. The van der Waals surface area contributed by atoms with Gasteiger partial charge in [0, 0.05) is 27.1 Å². The number of para-hydroxylation sites is 1. The zero-order valence-electron chi connectivity index (χ0n) is 19.6. The third-order valence-electron chi connectivity index (χ3n) is 7.08. The summed E-state index contributed by atoms with van der Waals surface area (Å²) in [6, 6.07) is 28.8. The molecule has 1 atom stereocenters. The molecule has 0 aliphatic heterocycles. The fraction of sp³-hybridized carbons (Fsp3) is 0.161. The Morgan fingerprint density at radius 2 is 1.53 bits per heavy atom. The maximum Gasteiger partial charge on any atom is 0.313 e.